The maximum Gasteiger partial charge on any atom is 0.226 e. The molecule has 142 valence electrons. The van der Waals surface area contributed by atoms with Crippen LogP contribution in [0.4, 0.5) is 0 Å². The molecule has 3 aromatic rings. The Morgan fingerprint density at radius 3 is 2.71 bits per heavy atom. The molecule has 5 nitrogen and oxygen atoms in total. The Labute approximate surface area is 168 Å². The van der Waals surface area contributed by atoms with Gasteiger partial charge in [-0.2, -0.15) is 0 Å². The summed E-state index contributed by atoms with van der Waals surface area (Å²) in [5, 5.41) is 1.04. The Bertz CT molecular complexity index is 969. The summed E-state index contributed by atoms with van der Waals surface area (Å²) in [6, 6.07) is 8.38. The van der Waals surface area contributed by atoms with Crippen molar-refractivity contribution in [1.82, 2.24) is 19.9 Å². The van der Waals surface area contributed by atoms with E-state index in [0.29, 0.717) is 12.6 Å². The molecule has 3 heterocycles. The molecule has 0 bridgehead atoms. The molecule has 0 radical (unpaired) electrons. The zero-order valence-corrected chi connectivity index (χ0v) is 16.4. The second-order valence-electron chi connectivity index (χ2n) is 7.62. The van der Waals surface area contributed by atoms with Crippen LogP contribution in [0.25, 0.3) is 10.6 Å². The first-order valence-electron chi connectivity index (χ1n) is 9.86. The van der Waals surface area contributed by atoms with Crippen molar-refractivity contribution in [1.29, 1.82) is 0 Å². The maximum absolute atomic E-state index is 13.3. The zero-order valence-electron chi connectivity index (χ0n) is 15.6. The second-order valence-corrected chi connectivity index (χ2v) is 8.71. The van der Waals surface area contributed by atoms with Crippen molar-refractivity contribution in [2.45, 2.75) is 44.7 Å². The van der Waals surface area contributed by atoms with Crippen LogP contribution >= 0.6 is 11.3 Å². The van der Waals surface area contributed by atoms with Crippen molar-refractivity contribution < 1.29 is 4.79 Å². The minimum atomic E-state index is 0.0390. The van der Waals surface area contributed by atoms with Crippen LogP contribution in [-0.2, 0) is 24.2 Å². The molecule has 1 atom stereocenters. The van der Waals surface area contributed by atoms with Crippen molar-refractivity contribution >= 4 is 17.2 Å². The van der Waals surface area contributed by atoms with Gasteiger partial charge in [-0.3, -0.25) is 14.8 Å². The standard InChI is InChI=1S/C22H22N4OS/c27-22(26(18-4-5-18)14-15-2-1-9-24-13-15)17-3-6-20-19(12-17)25-21(28-20)16-7-10-23-11-8-16/h1-2,7-11,13,17-18H,3-6,12,14H2. The number of carbonyl (C=O) groups is 1. The smallest absolute Gasteiger partial charge is 0.226 e. The zero-order chi connectivity index (χ0) is 18.9. The van der Waals surface area contributed by atoms with Crippen LogP contribution in [0.15, 0.2) is 49.1 Å². The molecule has 3 aromatic heterocycles. The molecule has 1 amide bonds. The molecule has 2 aliphatic carbocycles. The number of carbonyl (C=O) groups excluding carboxylic acids is 1. The summed E-state index contributed by atoms with van der Waals surface area (Å²) in [6.07, 6.45) is 12.1. The van der Waals surface area contributed by atoms with Gasteiger partial charge in [0.05, 0.1) is 5.69 Å². The third-order valence-corrected chi connectivity index (χ3v) is 6.77. The molecular formula is C22H22N4OS. The van der Waals surface area contributed by atoms with Gasteiger partial charge in [-0.05, 0) is 49.4 Å². The first kappa shape index (κ1) is 17.5. The van der Waals surface area contributed by atoms with Crippen LogP contribution in [-0.4, -0.2) is 31.8 Å². The van der Waals surface area contributed by atoms with Gasteiger partial charge in [0, 0.05) is 60.2 Å². The van der Waals surface area contributed by atoms with Crippen molar-refractivity contribution in [2.24, 2.45) is 5.92 Å². The first-order chi connectivity index (χ1) is 13.8. The molecule has 0 aromatic carbocycles. The van der Waals surface area contributed by atoms with Gasteiger partial charge in [-0.15, -0.1) is 11.3 Å². The Balaban J connectivity index is 1.33. The normalized spacial score (nSPS) is 18.5. The van der Waals surface area contributed by atoms with Crippen molar-refractivity contribution in [2.75, 3.05) is 0 Å². The molecule has 2 aliphatic rings. The van der Waals surface area contributed by atoms with Gasteiger partial charge in [-0.1, -0.05) is 6.07 Å². The number of aromatic nitrogens is 3. The fourth-order valence-corrected chi connectivity index (χ4v) is 5.01. The predicted octanol–water partition coefficient (Wildman–Crippen LogP) is 3.90. The lowest BCUT2D eigenvalue weighted by Gasteiger charge is -2.29. The molecular weight excluding hydrogens is 368 g/mol. The van der Waals surface area contributed by atoms with Crippen LogP contribution < -0.4 is 0 Å². The van der Waals surface area contributed by atoms with Crippen molar-refractivity contribution in [3.63, 3.8) is 0 Å². The third kappa shape index (κ3) is 3.56. The van der Waals surface area contributed by atoms with Gasteiger partial charge in [0.2, 0.25) is 5.91 Å². The quantitative estimate of drug-likeness (QED) is 0.663. The van der Waals surface area contributed by atoms with E-state index >= 15 is 0 Å². The maximum atomic E-state index is 13.3. The lowest BCUT2D eigenvalue weighted by molar-refractivity contribution is -0.137. The Morgan fingerprint density at radius 2 is 1.96 bits per heavy atom. The van der Waals surface area contributed by atoms with E-state index in [1.165, 1.54) is 4.88 Å². The topological polar surface area (TPSA) is 59.0 Å². The molecule has 28 heavy (non-hydrogen) atoms. The Kier molecular flexibility index (Phi) is 4.64. The highest BCUT2D eigenvalue weighted by atomic mass is 32.1. The lowest BCUT2D eigenvalue weighted by atomic mass is 9.89. The van der Waals surface area contributed by atoms with Gasteiger partial charge in [0.25, 0.3) is 0 Å². The summed E-state index contributed by atoms with van der Waals surface area (Å²) in [4.78, 5) is 29.9. The fourth-order valence-electron chi connectivity index (χ4n) is 3.90. The molecule has 6 heteroatoms. The summed E-state index contributed by atoms with van der Waals surface area (Å²) in [5.41, 5.74) is 3.32. The number of amides is 1. The molecule has 0 N–H and O–H groups in total. The highest BCUT2D eigenvalue weighted by molar-refractivity contribution is 7.15. The van der Waals surface area contributed by atoms with Crippen molar-refractivity contribution in [3.05, 3.63) is 65.2 Å². The third-order valence-electron chi connectivity index (χ3n) is 5.56. The molecule has 1 fully saturated rings. The molecule has 0 aliphatic heterocycles. The van der Waals surface area contributed by atoms with E-state index < -0.39 is 0 Å². The summed E-state index contributed by atoms with van der Waals surface area (Å²) in [7, 11) is 0. The Hall–Kier alpha value is -2.60. The molecule has 0 spiro atoms. The summed E-state index contributed by atoms with van der Waals surface area (Å²) in [6.45, 7) is 0.667. The number of thiazole rings is 1. The number of pyridine rings is 2. The van der Waals surface area contributed by atoms with E-state index in [0.717, 1.165) is 53.9 Å². The summed E-state index contributed by atoms with van der Waals surface area (Å²) >= 11 is 1.76. The van der Waals surface area contributed by atoms with E-state index in [1.807, 2.05) is 24.4 Å². The molecule has 0 saturated heterocycles. The highest BCUT2D eigenvalue weighted by Gasteiger charge is 2.37. The SMILES string of the molecule is O=C(C1CCc2sc(-c3ccncc3)nc2C1)N(Cc1cccnc1)C1CC1. The van der Waals surface area contributed by atoms with Gasteiger partial charge in [-0.25, -0.2) is 4.98 Å². The van der Waals surface area contributed by atoms with Crippen molar-refractivity contribution in [3.8, 4) is 10.6 Å². The summed E-state index contributed by atoms with van der Waals surface area (Å²) in [5.74, 6) is 0.327. The number of hydrogen-bond donors (Lipinski definition) is 0. The van der Waals surface area contributed by atoms with E-state index in [-0.39, 0.29) is 11.8 Å². The van der Waals surface area contributed by atoms with Crippen LogP contribution in [0.2, 0.25) is 0 Å². The highest BCUT2D eigenvalue weighted by Crippen LogP contribution is 2.37. The Morgan fingerprint density at radius 1 is 1.11 bits per heavy atom. The molecule has 1 saturated carbocycles. The fraction of sp³-hybridized carbons (Fsp3) is 0.364. The number of rotatable bonds is 5. The lowest BCUT2D eigenvalue weighted by Crippen LogP contribution is -2.39. The van der Waals surface area contributed by atoms with E-state index in [9.17, 15) is 4.79 Å². The molecule has 5 rings (SSSR count). The van der Waals surface area contributed by atoms with Crippen LogP contribution in [0, 0.1) is 5.92 Å². The van der Waals surface area contributed by atoms with Crippen LogP contribution in [0.3, 0.4) is 0 Å². The van der Waals surface area contributed by atoms with E-state index in [2.05, 4.69) is 20.9 Å². The summed E-state index contributed by atoms with van der Waals surface area (Å²) < 4.78 is 0. The number of aryl methyl sites for hydroxylation is 1. The van der Waals surface area contributed by atoms with E-state index in [1.54, 1.807) is 29.9 Å². The van der Waals surface area contributed by atoms with E-state index in [4.69, 9.17) is 4.98 Å². The molecule has 1 unspecified atom stereocenters. The number of hydrogen-bond acceptors (Lipinski definition) is 5. The first-order valence-corrected chi connectivity index (χ1v) is 10.7. The van der Waals surface area contributed by atoms with Gasteiger partial charge in [0.1, 0.15) is 5.01 Å². The minimum Gasteiger partial charge on any atom is -0.335 e. The van der Waals surface area contributed by atoms with Gasteiger partial charge >= 0.3 is 0 Å². The van der Waals surface area contributed by atoms with Crippen LogP contribution in [0.5, 0.6) is 0 Å². The number of fused-ring (bicyclic) bond motifs is 1. The second kappa shape index (κ2) is 7.43. The minimum absolute atomic E-state index is 0.0390. The largest absolute Gasteiger partial charge is 0.335 e. The van der Waals surface area contributed by atoms with Gasteiger partial charge < -0.3 is 4.90 Å². The van der Waals surface area contributed by atoms with Gasteiger partial charge in [0.15, 0.2) is 0 Å². The average Bonchev–Trinajstić information content (AvgIpc) is 3.50. The van der Waals surface area contributed by atoms with Crippen LogP contribution in [0.1, 0.15) is 35.4 Å². The monoisotopic (exact) mass is 390 g/mol. The average molecular weight is 391 g/mol. The predicted molar refractivity (Wildman–Crippen MR) is 109 cm³/mol. The number of nitrogens with zero attached hydrogens (tertiary/aromatic N) is 4.